The van der Waals surface area contributed by atoms with Crippen molar-refractivity contribution in [3.8, 4) is 0 Å². The number of aromatic nitrogens is 1. The normalized spacial score (nSPS) is 19.3. The molecule has 2 aliphatic heterocycles. The van der Waals surface area contributed by atoms with Gasteiger partial charge in [0.2, 0.25) is 0 Å². The molecule has 0 radical (unpaired) electrons. The van der Waals surface area contributed by atoms with E-state index in [1.54, 1.807) is 6.20 Å². The quantitative estimate of drug-likeness (QED) is 0.900. The van der Waals surface area contributed by atoms with Crippen LogP contribution >= 0.6 is 11.6 Å². The minimum atomic E-state index is -0.330. The van der Waals surface area contributed by atoms with E-state index < -0.39 is 0 Å². The fourth-order valence-electron chi connectivity index (χ4n) is 4.11. The van der Waals surface area contributed by atoms with E-state index in [2.05, 4.69) is 39.2 Å². The maximum atomic E-state index is 12.6. The van der Waals surface area contributed by atoms with Gasteiger partial charge in [0, 0.05) is 50.2 Å². The summed E-state index contributed by atoms with van der Waals surface area (Å²) >= 11 is 5.97. The lowest BCUT2D eigenvalue weighted by Crippen LogP contribution is -2.67. The van der Waals surface area contributed by atoms with Crippen molar-refractivity contribution in [2.24, 2.45) is 0 Å². The molecule has 1 aromatic carbocycles. The Morgan fingerprint density at radius 2 is 1.92 bits per heavy atom. The van der Waals surface area contributed by atoms with Gasteiger partial charge in [-0.15, -0.1) is 0 Å². The zero-order valence-electron chi connectivity index (χ0n) is 14.9. The van der Waals surface area contributed by atoms with Crippen molar-refractivity contribution in [3.63, 3.8) is 0 Å². The first-order valence-electron chi connectivity index (χ1n) is 9.13. The number of pyridine rings is 1. The first-order chi connectivity index (χ1) is 12.6. The summed E-state index contributed by atoms with van der Waals surface area (Å²) in [5.74, 6) is 0.800. The number of hydrogen-bond donors (Lipinski definition) is 1. The molecule has 4 rings (SSSR count). The molecule has 1 fully saturated rings. The molecule has 5 nitrogen and oxygen atoms in total. The van der Waals surface area contributed by atoms with Gasteiger partial charge < -0.3 is 10.2 Å². The third-order valence-electron chi connectivity index (χ3n) is 5.47. The number of nitrogens with one attached hydrogen (secondary N) is 1. The molecule has 0 bridgehead atoms. The number of benzene rings is 1. The highest BCUT2D eigenvalue weighted by molar-refractivity contribution is 6.30. The lowest BCUT2D eigenvalue weighted by molar-refractivity contribution is 0.0762. The van der Waals surface area contributed by atoms with Gasteiger partial charge in [0.25, 0.3) is 5.91 Å². The molecule has 0 aliphatic carbocycles. The molecule has 1 N–H and O–H groups in total. The van der Waals surface area contributed by atoms with Gasteiger partial charge in [-0.1, -0.05) is 23.7 Å². The zero-order chi connectivity index (χ0) is 18.1. The van der Waals surface area contributed by atoms with Gasteiger partial charge in [-0.05, 0) is 36.8 Å². The zero-order valence-corrected chi connectivity index (χ0v) is 15.7. The maximum Gasteiger partial charge on any atom is 0.256 e. The molecule has 0 unspecified atom stereocenters. The Kier molecular flexibility index (Phi) is 4.59. The summed E-state index contributed by atoms with van der Waals surface area (Å²) in [6, 6.07) is 11.7. The number of carbonyl (C=O) groups is 1. The third kappa shape index (κ3) is 3.06. The van der Waals surface area contributed by atoms with Crippen LogP contribution in [0, 0.1) is 0 Å². The van der Waals surface area contributed by atoms with Crippen molar-refractivity contribution in [2.45, 2.75) is 32.0 Å². The summed E-state index contributed by atoms with van der Waals surface area (Å²) < 4.78 is 0. The Bertz CT molecular complexity index is 800. The van der Waals surface area contributed by atoms with Crippen LogP contribution in [0.1, 0.15) is 35.7 Å². The number of fused-ring (bicyclic) bond motifs is 1. The van der Waals surface area contributed by atoms with Crippen molar-refractivity contribution < 1.29 is 4.79 Å². The summed E-state index contributed by atoms with van der Waals surface area (Å²) in [6.07, 6.45) is 3.54. The van der Waals surface area contributed by atoms with Crippen LogP contribution in [0.15, 0.2) is 42.6 Å². The van der Waals surface area contributed by atoms with E-state index >= 15 is 0 Å². The average molecular weight is 371 g/mol. The second kappa shape index (κ2) is 6.89. The van der Waals surface area contributed by atoms with E-state index in [1.165, 1.54) is 5.56 Å². The van der Waals surface area contributed by atoms with Crippen LogP contribution in [-0.4, -0.2) is 41.1 Å². The van der Waals surface area contributed by atoms with Gasteiger partial charge in [-0.25, -0.2) is 4.98 Å². The van der Waals surface area contributed by atoms with Gasteiger partial charge in [-0.3, -0.25) is 9.69 Å². The largest absolute Gasteiger partial charge is 0.333 e. The molecule has 1 spiro atoms. The summed E-state index contributed by atoms with van der Waals surface area (Å²) in [6.45, 7) is 5.71. The fourth-order valence-corrected chi connectivity index (χ4v) is 4.24. The monoisotopic (exact) mass is 370 g/mol. The Hall–Kier alpha value is -2.11. The number of amides is 1. The fraction of sp³-hybridized carbons (Fsp3) is 0.400. The number of hydrogen-bond acceptors (Lipinski definition) is 4. The highest BCUT2D eigenvalue weighted by atomic mass is 35.5. The van der Waals surface area contributed by atoms with Crippen molar-refractivity contribution in [1.29, 1.82) is 0 Å². The van der Waals surface area contributed by atoms with E-state index in [4.69, 9.17) is 11.6 Å². The van der Waals surface area contributed by atoms with Crippen molar-refractivity contribution >= 4 is 23.3 Å². The molecule has 0 saturated carbocycles. The number of piperidine rings is 1. The van der Waals surface area contributed by atoms with Gasteiger partial charge in [0.15, 0.2) is 0 Å². The molecule has 0 atom stereocenters. The van der Waals surface area contributed by atoms with Gasteiger partial charge in [0.1, 0.15) is 11.5 Å². The Labute approximate surface area is 159 Å². The van der Waals surface area contributed by atoms with Crippen LogP contribution in [0.4, 0.5) is 5.82 Å². The molecule has 1 saturated heterocycles. The van der Waals surface area contributed by atoms with Crippen molar-refractivity contribution in [2.75, 3.05) is 24.5 Å². The number of halogens is 1. The summed E-state index contributed by atoms with van der Waals surface area (Å²) in [5, 5.41) is 4.05. The summed E-state index contributed by atoms with van der Waals surface area (Å²) in [7, 11) is 0. The van der Waals surface area contributed by atoms with Gasteiger partial charge in [-0.2, -0.15) is 0 Å². The average Bonchev–Trinajstić information content (AvgIpc) is 2.66. The molecule has 3 heterocycles. The molecule has 1 amide bonds. The van der Waals surface area contributed by atoms with E-state index in [0.29, 0.717) is 5.56 Å². The molecule has 26 heavy (non-hydrogen) atoms. The first-order valence-corrected chi connectivity index (χ1v) is 9.51. The van der Waals surface area contributed by atoms with Crippen molar-refractivity contribution in [3.05, 3.63) is 58.7 Å². The second-order valence-electron chi connectivity index (χ2n) is 7.01. The topological polar surface area (TPSA) is 48.5 Å². The lowest BCUT2D eigenvalue weighted by atomic mass is 9.91. The maximum absolute atomic E-state index is 12.6. The van der Waals surface area contributed by atoms with Crippen LogP contribution in [-0.2, 0) is 6.54 Å². The highest BCUT2D eigenvalue weighted by Gasteiger charge is 2.45. The van der Waals surface area contributed by atoms with E-state index in [9.17, 15) is 4.79 Å². The number of rotatable bonds is 3. The van der Waals surface area contributed by atoms with Crippen LogP contribution in [0.3, 0.4) is 0 Å². The standard InChI is InChI=1S/C20H23ClN4O/c1-2-25-18-17(4-3-11-22-18)19(26)23-20(25)9-12-24(13-10-20)14-15-5-7-16(21)8-6-15/h3-8,11H,2,9-10,12-14H2,1H3,(H,23,26). The minimum Gasteiger partial charge on any atom is -0.333 e. The number of nitrogens with zero attached hydrogens (tertiary/aromatic N) is 3. The minimum absolute atomic E-state index is 0.0102. The van der Waals surface area contributed by atoms with E-state index in [1.807, 2.05) is 24.3 Å². The first kappa shape index (κ1) is 17.3. The Morgan fingerprint density at radius 1 is 1.19 bits per heavy atom. The smallest absolute Gasteiger partial charge is 0.256 e. The second-order valence-corrected chi connectivity index (χ2v) is 7.44. The van der Waals surface area contributed by atoms with Crippen LogP contribution in [0.2, 0.25) is 5.02 Å². The molecule has 2 aromatic rings. The predicted molar refractivity (Wildman–Crippen MR) is 103 cm³/mol. The molecule has 6 heteroatoms. The van der Waals surface area contributed by atoms with Gasteiger partial charge in [0.05, 0.1) is 5.56 Å². The SMILES string of the molecule is CCN1c2ncccc2C(=O)NC12CCN(Cc1ccc(Cl)cc1)CC2. The number of anilines is 1. The van der Waals surface area contributed by atoms with Crippen LogP contribution in [0.25, 0.3) is 0 Å². The lowest BCUT2D eigenvalue weighted by Gasteiger charge is -2.52. The Balaban J connectivity index is 1.50. The molecular weight excluding hydrogens is 348 g/mol. The predicted octanol–water partition coefficient (Wildman–Crippen LogP) is 3.30. The molecule has 2 aliphatic rings. The van der Waals surface area contributed by atoms with Gasteiger partial charge >= 0.3 is 0 Å². The Morgan fingerprint density at radius 3 is 2.62 bits per heavy atom. The highest BCUT2D eigenvalue weighted by Crippen LogP contribution is 2.36. The van der Waals surface area contributed by atoms with E-state index in [-0.39, 0.29) is 11.6 Å². The third-order valence-corrected chi connectivity index (χ3v) is 5.72. The van der Waals surface area contributed by atoms with Crippen LogP contribution < -0.4 is 10.2 Å². The summed E-state index contributed by atoms with van der Waals surface area (Å²) in [4.78, 5) is 21.8. The number of carbonyl (C=O) groups excluding carboxylic acids is 1. The van der Waals surface area contributed by atoms with E-state index in [0.717, 1.165) is 49.9 Å². The number of likely N-dealkylation sites (tertiary alicyclic amines) is 1. The molecular formula is C20H23ClN4O. The summed E-state index contributed by atoms with van der Waals surface area (Å²) in [5.41, 5.74) is 1.60. The van der Waals surface area contributed by atoms with Crippen LogP contribution in [0.5, 0.6) is 0 Å². The molecule has 136 valence electrons. The van der Waals surface area contributed by atoms with Crippen molar-refractivity contribution in [1.82, 2.24) is 15.2 Å². The molecule has 1 aromatic heterocycles.